The van der Waals surface area contributed by atoms with Crippen LogP contribution in [0.2, 0.25) is 0 Å². The number of carbonyl (C=O) groups is 1. The van der Waals surface area contributed by atoms with E-state index >= 15 is 0 Å². The minimum atomic E-state index is -3.97. The van der Waals surface area contributed by atoms with Gasteiger partial charge >= 0.3 is 0 Å². The molecule has 0 heterocycles. The lowest BCUT2D eigenvalue weighted by molar-refractivity contribution is -0.114. The summed E-state index contributed by atoms with van der Waals surface area (Å²) in [5.41, 5.74) is 0.744. The molecule has 3 aromatic carbocycles. The van der Waals surface area contributed by atoms with Crippen molar-refractivity contribution in [2.75, 3.05) is 45.6 Å². The monoisotopic (exact) mass is 486 g/mol. The van der Waals surface area contributed by atoms with E-state index in [0.29, 0.717) is 22.9 Å². The average molecular weight is 487 g/mol. The van der Waals surface area contributed by atoms with Crippen LogP contribution in [0.4, 0.5) is 11.4 Å². The van der Waals surface area contributed by atoms with Crippen LogP contribution in [0.1, 0.15) is 0 Å². The Morgan fingerprint density at radius 1 is 0.794 bits per heavy atom. The van der Waals surface area contributed by atoms with Crippen molar-refractivity contribution in [2.45, 2.75) is 9.79 Å². The first-order chi connectivity index (χ1) is 16.3. The van der Waals surface area contributed by atoms with Crippen LogP contribution in [-0.2, 0) is 14.6 Å². The Balaban J connectivity index is 1.89. The SMILES string of the molecule is COc1ccc(OC)c(NC(=O)CNc2ccc(OC)c(S(=O)(=O)c3ccccc3)c2OC)c1. The molecule has 0 unspecified atom stereocenters. The van der Waals surface area contributed by atoms with E-state index in [-0.39, 0.29) is 27.8 Å². The van der Waals surface area contributed by atoms with E-state index in [1.54, 1.807) is 42.5 Å². The van der Waals surface area contributed by atoms with Crippen molar-refractivity contribution in [2.24, 2.45) is 0 Å². The molecule has 0 aliphatic heterocycles. The number of amides is 1. The highest BCUT2D eigenvalue weighted by atomic mass is 32.2. The fourth-order valence-corrected chi connectivity index (χ4v) is 4.91. The van der Waals surface area contributed by atoms with Crippen molar-refractivity contribution in [1.29, 1.82) is 0 Å². The number of anilines is 2. The van der Waals surface area contributed by atoms with Gasteiger partial charge in [0.1, 0.15) is 17.2 Å². The van der Waals surface area contributed by atoms with Crippen LogP contribution >= 0.6 is 0 Å². The molecule has 0 atom stereocenters. The van der Waals surface area contributed by atoms with Crippen molar-refractivity contribution >= 4 is 27.1 Å². The first-order valence-corrected chi connectivity index (χ1v) is 11.6. The van der Waals surface area contributed by atoms with Crippen LogP contribution in [0.25, 0.3) is 0 Å². The van der Waals surface area contributed by atoms with Crippen molar-refractivity contribution in [1.82, 2.24) is 0 Å². The quantitative estimate of drug-likeness (QED) is 0.447. The van der Waals surface area contributed by atoms with Crippen LogP contribution in [0.5, 0.6) is 23.0 Å². The standard InChI is InChI=1S/C24H26N2O7S/c1-30-16-10-12-20(31-2)19(14-16)26-22(27)15-25-18-11-13-21(32-3)24(23(18)33-4)34(28,29)17-8-6-5-7-9-17/h5-14,25H,15H2,1-4H3,(H,26,27). The maximum Gasteiger partial charge on any atom is 0.243 e. The van der Waals surface area contributed by atoms with Gasteiger partial charge in [0.15, 0.2) is 10.6 Å². The Hall–Kier alpha value is -3.92. The van der Waals surface area contributed by atoms with Crippen LogP contribution in [-0.4, -0.2) is 49.3 Å². The molecule has 0 radical (unpaired) electrons. The highest BCUT2D eigenvalue weighted by molar-refractivity contribution is 7.91. The van der Waals surface area contributed by atoms with Crippen molar-refractivity contribution < 1.29 is 32.2 Å². The van der Waals surface area contributed by atoms with E-state index in [4.69, 9.17) is 18.9 Å². The van der Waals surface area contributed by atoms with Crippen LogP contribution in [0.15, 0.2) is 70.5 Å². The Labute approximate surface area is 198 Å². The summed E-state index contributed by atoms with van der Waals surface area (Å²) in [7, 11) is 1.77. The highest BCUT2D eigenvalue weighted by Gasteiger charge is 2.29. The Kier molecular flexibility index (Phi) is 7.85. The molecule has 0 saturated carbocycles. The van der Waals surface area contributed by atoms with Gasteiger partial charge in [-0.15, -0.1) is 0 Å². The smallest absolute Gasteiger partial charge is 0.243 e. The molecular weight excluding hydrogens is 460 g/mol. The fourth-order valence-electron chi connectivity index (χ4n) is 3.30. The number of benzene rings is 3. The van der Waals surface area contributed by atoms with Gasteiger partial charge in [0.25, 0.3) is 0 Å². The lowest BCUT2D eigenvalue weighted by Gasteiger charge is -2.18. The Bertz CT molecular complexity index is 1260. The molecule has 0 bridgehead atoms. The van der Waals surface area contributed by atoms with E-state index in [9.17, 15) is 13.2 Å². The molecule has 180 valence electrons. The maximum absolute atomic E-state index is 13.4. The third-order valence-electron chi connectivity index (χ3n) is 4.94. The molecule has 10 heteroatoms. The van der Waals surface area contributed by atoms with Gasteiger partial charge in [0, 0.05) is 6.07 Å². The predicted molar refractivity (Wildman–Crippen MR) is 128 cm³/mol. The second-order valence-corrected chi connectivity index (χ2v) is 8.85. The molecule has 2 N–H and O–H groups in total. The highest BCUT2D eigenvalue weighted by Crippen LogP contribution is 2.42. The summed E-state index contributed by atoms with van der Waals surface area (Å²) in [5, 5.41) is 5.68. The van der Waals surface area contributed by atoms with E-state index in [1.165, 1.54) is 46.6 Å². The zero-order valence-electron chi connectivity index (χ0n) is 19.2. The second kappa shape index (κ2) is 10.8. The van der Waals surface area contributed by atoms with Gasteiger partial charge < -0.3 is 29.6 Å². The molecule has 1 amide bonds. The molecule has 0 aliphatic rings. The van der Waals surface area contributed by atoms with Crippen molar-refractivity contribution in [3.05, 3.63) is 60.7 Å². The number of ether oxygens (including phenoxy) is 4. The maximum atomic E-state index is 13.4. The van der Waals surface area contributed by atoms with Gasteiger partial charge in [-0.25, -0.2) is 8.42 Å². The van der Waals surface area contributed by atoms with Gasteiger partial charge in [0.2, 0.25) is 15.7 Å². The lowest BCUT2D eigenvalue weighted by atomic mass is 10.2. The van der Waals surface area contributed by atoms with Crippen molar-refractivity contribution in [3.8, 4) is 23.0 Å². The summed E-state index contributed by atoms with van der Waals surface area (Å²) in [6.45, 7) is -0.173. The number of methoxy groups -OCH3 is 4. The molecule has 3 aromatic rings. The Morgan fingerprint density at radius 2 is 1.47 bits per heavy atom. The van der Waals surface area contributed by atoms with Gasteiger partial charge in [-0.2, -0.15) is 0 Å². The van der Waals surface area contributed by atoms with E-state index in [0.717, 1.165) is 0 Å². The molecule has 0 aliphatic carbocycles. The summed E-state index contributed by atoms with van der Waals surface area (Å²) in [5.74, 6) is 0.785. The summed E-state index contributed by atoms with van der Waals surface area (Å²) < 4.78 is 48.0. The number of hydrogen-bond donors (Lipinski definition) is 2. The normalized spacial score (nSPS) is 10.8. The average Bonchev–Trinajstić information content (AvgIpc) is 2.87. The second-order valence-electron chi connectivity index (χ2n) is 6.96. The molecular formula is C24H26N2O7S. The minimum absolute atomic E-state index is 0.0370. The van der Waals surface area contributed by atoms with Gasteiger partial charge in [-0.1, -0.05) is 18.2 Å². The number of hydrogen-bond acceptors (Lipinski definition) is 8. The summed E-state index contributed by atoms with van der Waals surface area (Å²) in [6.07, 6.45) is 0. The largest absolute Gasteiger partial charge is 0.497 e. The number of sulfone groups is 1. The predicted octanol–water partition coefficient (Wildman–Crippen LogP) is 3.60. The van der Waals surface area contributed by atoms with E-state index < -0.39 is 15.7 Å². The fraction of sp³-hybridized carbons (Fsp3) is 0.208. The zero-order chi connectivity index (χ0) is 24.7. The molecule has 0 spiro atoms. The summed E-state index contributed by atoms with van der Waals surface area (Å²) in [6, 6.07) is 16.1. The molecule has 3 rings (SSSR count). The summed E-state index contributed by atoms with van der Waals surface area (Å²) >= 11 is 0. The zero-order valence-corrected chi connectivity index (χ0v) is 20.1. The number of nitrogens with one attached hydrogen (secondary N) is 2. The minimum Gasteiger partial charge on any atom is -0.497 e. The van der Waals surface area contributed by atoms with Gasteiger partial charge in [-0.3, -0.25) is 4.79 Å². The molecule has 9 nitrogen and oxygen atoms in total. The van der Waals surface area contributed by atoms with Gasteiger partial charge in [0.05, 0.1) is 51.3 Å². The van der Waals surface area contributed by atoms with E-state index in [1.807, 2.05) is 0 Å². The first kappa shape index (κ1) is 24.7. The van der Waals surface area contributed by atoms with Crippen molar-refractivity contribution in [3.63, 3.8) is 0 Å². The number of rotatable bonds is 10. The molecule has 0 fully saturated rings. The lowest BCUT2D eigenvalue weighted by Crippen LogP contribution is -2.22. The summed E-state index contributed by atoms with van der Waals surface area (Å²) in [4.78, 5) is 12.6. The Morgan fingerprint density at radius 3 is 2.09 bits per heavy atom. The van der Waals surface area contributed by atoms with Crippen LogP contribution < -0.4 is 29.6 Å². The molecule has 0 saturated heterocycles. The molecule has 0 aromatic heterocycles. The van der Waals surface area contributed by atoms with Crippen LogP contribution in [0, 0.1) is 0 Å². The van der Waals surface area contributed by atoms with Gasteiger partial charge in [-0.05, 0) is 36.4 Å². The third kappa shape index (κ3) is 5.18. The topological polar surface area (TPSA) is 112 Å². The third-order valence-corrected chi connectivity index (χ3v) is 6.76. The molecule has 34 heavy (non-hydrogen) atoms. The van der Waals surface area contributed by atoms with E-state index in [2.05, 4.69) is 10.6 Å². The first-order valence-electron chi connectivity index (χ1n) is 10.2. The van der Waals surface area contributed by atoms with Crippen LogP contribution in [0.3, 0.4) is 0 Å². The number of carbonyl (C=O) groups excluding carboxylic acids is 1.